The molecular formula is C17H25N5O2S. The summed E-state index contributed by atoms with van der Waals surface area (Å²) < 4.78 is 4.98. The standard InChI is InChI=1S/C17H25N5O2S/c1-17(2,11-20-16(25)18-8-9-24-3)10-19-14-12-6-4-5-7-13(12)15(23)22-21-14/h4-7H,8-11H2,1-3H3,(H,19,21)(H,22,23)(H2,18,20,25). The number of nitrogens with one attached hydrogen (secondary N) is 4. The first-order valence-corrected chi connectivity index (χ1v) is 8.56. The third-order valence-electron chi connectivity index (χ3n) is 3.75. The third kappa shape index (κ3) is 5.68. The van der Waals surface area contributed by atoms with E-state index >= 15 is 0 Å². The van der Waals surface area contributed by atoms with E-state index in [0.29, 0.717) is 42.6 Å². The van der Waals surface area contributed by atoms with Gasteiger partial charge in [0.2, 0.25) is 0 Å². The summed E-state index contributed by atoms with van der Waals surface area (Å²) in [5.74, 6) is 0.670. The summed E-state index contributed by atoms with van der Waals surface area (Å²) in [5.41, 5.74) is -0.263. The number of nitrogens with zero attached hydrogens (tertiary/aromatic N) is 1. The van der Waals surface area contributed by atoms with Crippen LogP contribution in [0.5, 0.6) is 0 Å². The number of hydrogen-bond acceptors (Lipinski definition) is 5. The second kappa shape index (κ2) is 8.77. The quantitative estimate of drug-likeness (QED) is 0.417. The van der Waals surface area contributed by atoms with Crippen LogP contribution in [0.3, 0.4) is 0 Å². The molecule has 0 saturated heterocycles. The monoisotopic (exact) mass is 363 g/mol. The van der Waals surface area contributed by atoms with Gasteiger partial charge in [-0.25, -0.2) is 5.10 Å². The Morgan fingerprint density at radius 1 is 1.24 bits per heavy atom. The van der Waals surface area contributed by atoms with Crippen molar-refractivity contribution in [3.63, 3.8) is 0 Å². The largest absolute Gasteiger partial charge is 0.383 e. The minimum Gasteiger partial charge on any atom is -0.383 e. The maximum absolute atomic E-state index is 11.8. The summed E-state index contributed by atoms with van der Waals surface area (Å²) in [4.78, 5) is 11.8. The van der Waals surface area contributed by atoms with Crippen LogP contribution in [0.2, 0.25) is 0 Å². The van der Waals surface area contributed by atoms with E-state index in [1.165, 1.54) is 0 Å². The number of benzene rings is 1. The van der Waals surface area contributed by atoms with E-state index < -0.39 is 0 Å². The molecular weight excluding hydrogens is 338 g/mol. The van der Waals surface area contributed by atoms with Gasteiger partial charge >= 0.3 is 0 Å². The molecule has 7 nitrogen and oxygen atoms in total. The SMILES string of the molecule is COCCNC(=S)NCC(C)(C)CNc1n[nH]c(=O)c2ccccc12. The molecule has 0 fully saturated rings. The van der Waals surface area contributed by atoms with Crippen molar-refractivity contribution in [1.82, 2.24) is 20.8 Å². The summed E-state index contributed by atoms with van der Waals surface area (Å²) in [6.45, 7) is 6.90. The highest BCUT2D eigenvalue weighted by Crippen LogP contribution is 2.20. The Kier molecular flexibility index (Phi) is 6.72. The number of H-pyrrole nitrogens is 1. The number of fused-ring (bicyclic) bond motifs is 1. The molecule has 0 atom stereocenters. The minimum absolute atomic E-state index is 0.0775. The number of methoxy groups -OCH3 is 1. The molecule has 1 aromatic heterocycles. The van der Waals surface area contributed by atoms with Crippen molar-refractivity contribution in [3.05, 3.63) is 34.6 Å². The molecule has 1 aromatic carbocycles. The second-order valence-corrected chi connectivity index (χ2v) is 6.98. The van der Waals surface area contributed by atoms with Gasteiger partial charge in [0.05, 0.1) is 12.0 Å². The molecule has 2 aromatic rings. The average Bonchev–Trinajstić information content (AvgIpc) is 2.60. The van der Waals surface area contributed by atoms with Gasteiger partial charge < -0.3 is 20.7 Å². The first-order valence-electron chi connectivity index (χ1n) is 8.15. The molecule has 4 N–H and O–H groups in total. The Hall–Kier alpha value is -2.19. The summed E-state index contributed by atoms with van der Waals surface area (Å²) in [6, 6.07) is 7.41. The zero-order chi connectivity index (χ0) is 18.3. The summed E-state index contributed by atoms with van der Waals surface area (Å²) >= 11 is 5.24. The highest BCUT2D eigenvalue weighted by atomic mass is 32.1. The molecule has 0 aliphatic heterocycles. The lowest BCUT2D eigenvalue weighted by Crippen LogP contribution is -2.43. The van der Waals surface area contributed by atoms with Crippen molar-refractivity contribution < 1.29 is 4.74 Å². The van der Waals surface area contributed by atoms with Crippen LogP contribution in [0.4, 0.5) is 5.82 Å². The van der Waals surface area contributed by atoms with E-state index in [1.54, 1.807) is 13.2 Å². The number of rotatable bonds is 8. The molecule has 25 heavy (non-hydrogen) atoms. The first-order chi connectivity index (χ1) is 11.9. The lowest BCUT2D eigenvalue weighted by Gasteiger charge is -2.26. The van der Waals surface area contributed by atoms with E-state index in [2.05, 4.69) is 40.0 Å². The van der Waals surface area contributed by atoms with Gasteiger partial charge in [-0.1, -0.05) is 32.0 Å². The van der Waals surface area contributed by atoms with E-state index in [1.807, 2.05) is 18.2 Å². The van der Waals surface area contributed by atoms with Gasteiger partial charge in [-0.05, 0) is 23.7 Å². The normalized spacial score (nSPS) is 11.3. The zero-order valence-corrected chi connectivity index (χ0v) is 15.6. The number of aromatic amines is 1. The highest BCUT2D eigenvalue weighted by molar-refractivity contribution is 7.80. The van der Waals surface area contributed by atoms with Gasteiger partial charge in [-0.15, -0.1) is 0 Å². The van der Waals surface area contributed by atoms with Crippen molar-refractivity contribution in [2.45, 2.75) is 13.8 Å². The fourth-order valence-electron chi connectivity index (χ4n) is 2.28. The second-order valence-electron chi connectivity index (χ2n) is 6.57. The zero-order valence-electron chi connectivity index (χ0n) is 14.8. The van der Waals surface area contributed by atoms with Crippen LogP contribution in [-0.4, -0.2) is 48.7 Å². The maximum Gasteiger partial charge on any atom is 0.272 e. The predicted octanol–water partition coefficient (Wildman–Crippen LogP) is 1.47. The predicted molar refractivity (Wildman–Crippen MR) is 105 cm³/mol. The van der Waals surface area contributed by atoms with Crippen LogP contribution in [0, 0.1) is 5.41 Å². The first kappa shape index (κ1) is 19.1. The van der Waals surface area contributed by atoms with Gasteiger partial charge in [0.15, 0.2) is 10.9 Å². The lowest BCUT2D eigenvalue weighted by atomic mass is 9.93. The minimum atomic E-state index is -0.186. The highest BCUT2D eigenvalue weighted by Gasteiger charge is 2.19. The molecule has 0 bridgehead atoms. The van der Waals surface area contributed by atoms with E-state index in [4.69, 9.17) is 17.0 Å². The Bertz CT molecular complexity index is 775. The Morgan fingerprint density at radius 2 is 1.96 bits per heavy atom. The van der Waals surface area contributed by atoms with Crippen LogP contribution < -0.4 is 21.5 Å². The van der Waals surface area contributed by atoms with Crippen LogP contribution in [0.1, 0.15) is 13.8 Å². The van der Waals surface area contributed by atoms with Crippen molar-refractivity contribution in [1.29, 1.82) is 0 Å². The molecule has 0 unspecified atom stereocenters. The van der Waals surface area contributed by atoms with Crippen molar-refractivity contribution >= 4 is 33.9 Å². The van der Waals surface area contributed by atoms with Crippen molar-refractivity contribution in [3.8, 4) is 0 Å². The van der Waals surface area contributed by atoms with Crippen LogP contribution in [-0.2, 0) is 4.74 Å². The molecule has 0 radical (unpaired) electrons. The Morgan fingerprint density at radius 3 is 2.68 bits per heavy atom. The summed E-state index contributed by atoms with van der Waals surface area (Å²) in [6.07, 6.45) is 0. The van der Waals surface area contributed by atoms with Crippen LogP contribution in [0.25, 0.3) is 10.8 Å². The lowest BCUT2D eigenvalue weighted by molar-refractivity contribution is 0.204. The molecule has 0 amide bonds. The number of hydrogen-bond donors (Lipinski definition) is 4. The molecule has 2 rings (SSSR count). The van der Waals surface area contributed by atoms with Gasteiger partial charge in [-0.2, -0.15) is 5.10 Å². The molecule has 1 heterocycles. The fraction of sp³-hybridized carbons (Fsp3) is 0.471. The molecule has 0 aliphatic carbocycles. The fourth-order valence-corrected chi connectivity index (χ4v) is 2.46. The van der Waals surface area contributed by atoms with Gasteiger partial charge in [0, 0.05) is 32.1 Å². The van der Waals surface area contributed by atoms with E-state index in [0.717, 1.165) is 5.39 Å². The van der Waals surface area contributed by atoms with Crippen molar-refractivity contribution in [2.24, 2.45) is 5.41 Å². The van der Waals surface area contributed by atoms with Gasteiger partial charge in [-0.3, -0.25) is 4.79 Å². The molecule has 8 heteroatoms. The van der Waals surface area contributed by atoms with Crippen LogP contribution in [0.15, 0.2) is 29.1 Å². The average molecular weight is 363 g/mol. The van der Waals surface area contributed by atoms with E-state index in [-0.39, 0.29) is 11.0 Å². The molecule has 0 aliphatic rings. The Labute approximate surface area is 152 Å². The van der Waals surface area contributed by atoms with E-state index in [9.17, 15) is 4.79 Å². The smallest absolute Gasteiger partial charge is 0.272 e. The summed E-state index contributed by atoms with van der Waals surface area (Å²) in [7, 11) is 1.65. The van der Waals surface area contributed by atoms with Crippen LogP contribution >= 0.6 is 12.2 Å². The van der Waals surface area contributed by atoms with Crippen molar-refractivity contribution in [2.75, 3.05) is 38.7 Å². The number of thiocarbonyl (C=S) groups is 1. The number of ether oxygens (including phenoxy) is 1. The van der Waals surface area contributed by atoms with Gasteiger partial charge in [0.1, 0.15) is 0 Å². The Balaban J connectivity index is 1.93. The summed E-state index contributed by atoms with van der Waals surface area (Å²) in [5, 5.41) is 18.3. The number of aromatic nitrogens is 2. The molecule has 136 valence electrons. The topological polar surface area (TPSA) is 91.1 Å². The van der Waals surface area contributed by atoms with Gasteiger partial charge in [0.25, 0.3) is 5.56 Å². The number of anilines is 1. The maximum atomic E-state index is 11.8. The molecule has 0 spiro atoms. The molecule has 0 saturated carbocycles. The third-order valence-corrected chi connectivity index (χ3v) is 4.04.